The van der Waals surface area contributed by atoms with Crippen LogP contribution in [0, 0.1) is 0 Å². The molecule has 21 heavy (non-hydrogen) atoms. The number of nitrogens with one attached hydrogen (secondary N) is 1. The highest BCUT2D eigenvalue weighted by Crippen LogP contribution is 2.19. The number of likely N-dealkylation sites (tertiary alicyclic amines) is 1. The van der Waals surface area contributed by atoms with Gasteiger partial charge in [0, 0.05) is 25.7 Å². The Labute approximate surface area is 132 Å². The molecule has 4 nitrogen and oxygen atoms in total. The van der Waals surface area contributed by atoms with E-state index in [4.69, 9.17) is 4.42 Å². The van der Waals surface area contributed by atoms with Crippen molar-refractivity contribution in [3.05, 3.63) is 58.5 Å². The standard InChI is InChI=1S/C16H17BrN2O2/c17-15-14(7-9-21-15)16(20)18-13-6-8-19(11-13)10-12-4-2-1-3-5-12/h1-5,7,9,13H,6,8,10-11H2,(H,18,20). The van der Waals surface area contributed by atoms with Gasteiger partial charge in [-0.05, 0) is 34.0 Å². The number of halogens is 1. The summed E-state index contributed by atoms with van der Waals surface area (Å²) >= 11 is 3.23. The van der Waals surface area contributed by atoms with Crippen molar-refractivity contribution < 1.29 is 9.21 Å². The number of nitrogens with zero attached hydrogens (tertiary/aromatic N) is 1. The average molecular weight is 349 g/mol. The summed E-state index contributed by atoms with van der Waals surface area (Å²) < 4.78 is 5.58. The predicted octanol–water partition coefficient (Wildman–Crippen LogP) is 3.05. The first-order chi connectivity index (χ1) is 10.2. The molecule has 2 heterocycles. The molecule has 1 fully saturated rings. The Morgan fingerprint density at radius 1 is 1.33 bits per heavy atom. The van der Waals surface area contributed by atoms with Crippen molar-refractivity contribution in [1.82, 2.24) is 10.2 Å². The Kier molecular flexibility index (Phi) is 4.41. The second-order valence-electron chi connectivity index (χ2n) is 5.29. The molecule has 1 N–H and O–H groups in total. The molecule has 1 saturated heterocycles. The van der Waals surface area contributed by atoms with E-state index in [2.05, 4.69) is 50.4 Å². The highest BCUT2D eigenvalue weighted by molar-refractivity contribution is 9.10. The number of amides is 1. The van der Waals surface area contributed by atoms with E-state index in [1.165, 1.54) is 11.8 Å². The van der Waals surface area contributed by atoms with Gasteiger partial charge >= 0.3 is 0 Å². The first kappa shape index (κ1) is 14.4. The van der Waals surface area contributed by atoms with E-state index in [1.807, 2.05) is 6.07 Å². The van der Waals surface area contributed by atoms with Gasteiger partial charge in [-0.15, -0.1) is 0 Å². The summed E-state index contributed by atoms with van der Waals surface area (Å²) in [5.74, 6) is -0.0813. The average Bonchev–Trinajstić information content (AvgIpc) is 3.09. The van der Waals surface area contributed by atoms with Gasteiger partial charge in [0.1, 0.15) is 0 Å². The van der Waals surface area contributed by atoms with Gasteiger partial charge in [-0.1, -0.05) is 30.3 Å². The molecule has 110 valence electrons. The zero-order valence-electron chi connectivity index (χ0n) is 11.6. The Hall–Kier alpha value is -1.59. The first-order valence-electron chi connectivity index (χ1n) is 7.02. The summed E-state index contributed by atoms with van der Waals surface area (Å²) in [6.45, 7) is 2.82. The fourth-order valence-electron chi connectivity index (χ4n) is 2.65. The number of hydrogen-bond donors (Lipinski definition) is 1. The lowest BCUT2D eigenvalue weighted by Crippen LogP contribution is -2.36. The Balaban J connectivity index is 1.53. The SMILES string of the molecule is O=C(NC1CCN(Cc2ccccc2)C1)c1ccoc1Br. The molecular formula is C16H17BrN2O2. The molecule has 1 aliphatic heterocycles. The third-order valence-corrected chi connectivity index (χ3v) is 4.33. The monoisotopic (exact) mass is 348 g/mol. The van der Waals surface area contributed by atoms with Crippen molar-refractivity contribution in [1.29, 1.82) is 0 Å². The van der Waals surface area contributed by atoms with Gasteiger partial charge in [0.2, 0.25) is 0 Å². The van der Waals surface area contributed by atoms with Crippen LogP contribution in [0.15, 0.2) is 51.7 Å². The largest absolute Gasteiger partial charge is 0.457 e. The highest BCUT2D eigenvalue weighted by Gasteiger charge is 2.25. The smallest absolute Gasteiger partial charge is 0.256 e. The molecule has 1 aromatic carbocycles. The lowest BCUT2D eigenvalue weighted by Gasteiger charge is -2.16. The third kappa shape index (κ3) is 3.54. The fourth-order valence-corrected chi connectivity index (χ4v) is 3.07. The first-order valence-corrected chi connectivity index (χ1v) is 7.82. The van der Waals surface area contributed by atoms with Gasteiger partial charge in [0.05, 0.1) is 11.8 Å². The number of carbonyl (C=O) groups is 1. The zero-order valence-corrected chi connectivity index (χ0v) is 13.2. The van der Waals surface area contributed by atoms with Crippen LogP contribution in [0.25, 0.3) is 0 Å². The molecule has 1 aromatic heterocycles. The van der Waals surface area contributed by atoms with Crippen LogP contribution in [-0.4, -0.2) is 29.9 Å². The molecule has 1 atom stereocenters. The molecular weight excluding hydrogens is 332 g/mol. The van der Waals surface area contributed by atoms with E-state index in [0.717, 1.165) is 26.1 Å². The minimum Gasteiger partial charge on any atom is -0.457 e. The van der Waals surface area contributed by atoms with E-state index >= 15 is 0 Å². The Morgan fingerprint density at radius 2 is 2.14 bits per heavy atom. The lowest BCUT2D eigenvalue weighted by atomic mass is 10.2. The van der Waals surface area contributed by atoms with Crippen molar-refractivity contribution in [2.45, 2.75) is 19.0 Å². The molecule has 2 aromatic rings. The number of hydrogen-bond acceptors (Lipinski definition) is 3. The van der Waals surface area contributed by atoms with Gasteiger partial charge < -0.3 is 9.73 Å². The van der Waals surface area contributed by atoms with E-state index in [1.54, 1.807) is 6.07 Å². The van der Waals surface area contributed by atoms with Crippen LogP contribution >= 0.6 is 15.9 Å². The van der Waals surface area contributed by atoms with Crippen LogP contribution in [0.2, 0.25) is 0 Å². The molecule has 0 spiro atoms. The minimum absolute atomic E-state index is 0.0813. The van der Waals surface area contributed by atoms with Crippen LogP contribution in [0.3, 0.4) is 0 Å². The number of furan rings is 1. The zero-order chi connectivity index (χ0) is 14.7. The highest BCUT2D eigenvalue weighted by atomic mass is 79.9. The van der Waals surface area contributed by atoms with E-state index in [-0.39, 0.29) is 11.9 Å². The quantitative estimate of drug-likeness (QED) is 0.923. The van der Waals surface area contributed by atoms with Gasteiger partial charge in [0.15, 0.2) is 4.67 Å². The third-order valence-electron chi connectivity index (χ3n) is 3.72. The summed E-state index contributed by atoms with van der Waals surface area (Å²) in [5.41, 5.74) is 1.86. The predicted molar refractivity (Wildman–Crippen MR) is 84.0 cm³/mol. The van der Waals surface area contributed by atoms with Crippen molar-refractivity contribution in [3.8, 4) is 0 Å². The molecule has 0 aliphatic carbocycles. The molecule has 1 unspecified atom stereocenters. The maximum absolute atomic E-state index is 12.1. The van der Waals surface area contributed by atoms with E-state index in [9.17, 15) is 4.79 Å². The van der Waals surface area contributed by atoms with Gasteiger partial charge in [-0.25, -0.2) is 0 Å². The van der Waals surface area contributed by atoms with Crippen LogP contribution in [0.5, 0.6) is 0 Å². The van der Waals surface area contributed by atoms with E-state index < -0.39 is 0 Å². The summed E-state index contributed by atoms with van der Waals surface area (Å²) in [7, 11) is 0. The van der Waals surface area contributed by atoms with Crippen LogP contribution < -0.4 is 5.32 Å². The molecule has 3 rings (SSSR count). The summed E-state index contributed by atoms with van der Waals surface area (Å²) in [6.07, 6.45) is 2.49. The molecule has 0 saturated carbocycles. The number of carbonyl (C=O) groups excluding carboxylic acids is 1. The summed E-state index contributed by atoms with van der Waals surface area (Å²) in [6, 6.07) is 12.3. The molecule has 1 aliphatic rings. The summed E-state index contributed by atoms with van der Waals surface area (Å²) in [5, 5.41) is 3.07. The van der Waals surface area contributed by atoms with Crippen LogP contribution in [0.1, 0.15) is 22.3 Å². The summed E-state index contributed by atoms with van der Waals surface area (Å²) in [4.78, 5) is 14.5. The molecule has 5 heteroatoms. The van der Waals surface area contributed by atoms with Crippen molar-refractivity contribution in [2.75, 3.05) is 13.1 Å². The van der Waals surface area contributed by atoms with Crippen LogP contribution in [-0.2, 0) is 6.54 Å². The number of benzene rings is 1. The normalized spacial score (nSPS) is 18.8. The van der Waals surface area contributed by atoms with Gasteiger partial charge in [0.25, 0.3) is 5.91 Å². The maximum Gasteiger partial charge on any atom is 0.256 e. The second kappa shape index (κ2) is 6.45. The van der Waals surface area contributed by atoms with Gasteiger partial charge in [-0.2, -0.15) is 0 Å². The Morgan fingerprint density at radius 3 is 2.86 bits per heavy atom. The molecule has 0 radical (unpaired) electrons. The topological polar surface area (TPSA) is 45.5 Å². The Bertz CT molecular complexity index is 612. The minimum atomic E-state index is -0.0813. The van der Waals surface area contributed by atoms with Crippen molar-refractivity contribution in [2.24, 2.45) is 0 Å². The van der Waals surface area contributed by atoms with Crippen molar-refractivity contribution >= 4 is 21.8 Å². The maximum atomic E-state index is 12.1. The second-order valence-corrected chi connectivity index (χ2v) is 6.01. The molecule has 0 bridgehead atoms. The fraction of sp³-hybridized carbons (Fsp3) is 0.312. The van der Waals surface area contributed by atoms with Crippen molar-refractivity contribution in [3.63, 3.8) is 0 Å². The van der Waals surface area contributed by atoms with Crippen LogP contribution in [0.4, 0.5) is 0 Å². The van der Waals surface area contributed by atoms with E-state index in [0.29, 0.717) is 10.2 Å². The lowest BCUT2D eigenvalue weighted by molar-refractivity contribution is 0.0936. The number of rotatable bonds is 4. The molecule has 1 amide bonds. The van der Waals surface area contributed by atoms with Gasteiger partial charge in [-0.3, -0.25) is 9.69 Å².